The van der Waals surface area contributed by atoms with E-state index in [2.05, 4.69) is 32.6 Å². The van der Waals surface area contributed by atoms with Gasteiger partial charge in [-0.05, 0) is 83.8 Å². The van der Waals surface area contributed by atoms with Crippen LogP contribution < -0.4 is 0 Å². The van der Waals surface area contributed by atoms with Crippen molar-refractivity contribution in [2.45, 2.75) is 297 Å². The molecule has 0 aliphatic carbocycles. The van der Waals surface area contributed by atoms with Crippen molar-refractivity contribution in [3.63, 3.8) is 0 Å². The second kappa shape index (κ2) is 50.9. The Bertz CT molecular complexity index is 832. The summed E-state index contributed by atoms with van der Waals surface area (Å²) in [6, 6.07) is 0. The van der Waals surface area contributed by atoms with Crippen LogP contribution in [0.4, 0.5) is 0 Å². The summed E-state index contributed by atoms with van der Waals surface area (Å²) in [7, 11) is 0. The molecule has 0 rings (SSSR count). The quantitative estimate of drug-likeness (QED) is 0.0485. The monoisotopic (exact) mass is 878 g/mol. The zero-order chi connectivity index (χ0) is 45.2. The Kier molecular flexibility index (Phi) is 49.9. The Morgan fingerprint density at radius 2 is 0.581 bits per heavy atom. The molecule has 1 N–H and O–H groups in total. The smallest absolute Gasteiger partial charge is 0.308 e. The SMILES string of the molecule is CCCCCCCCCCC(CCCCCCCC)C(=O)OCCCCCCN(CCCCO)CCCCCCOC(=O)[C@@H](CCCCCCCC)CCCCCCCCCC. The molecule has 0 aromatic carbocycles. The highest BCUT2D eigenvalue weighted by Gasteiger charge is 2.20. The van der Waals surface area contributed by atoms with Gasteiger partial charge in [-0.3, -0.25) is 9.59 Å². The Morgan fingerprint density at radius 3 is 0.871 bits per heavy atom. The Morgan fingerprint density at radius 1 is 0.339 bits per heavy atom. The maximum atomic E-state index is 13.2. The van der Waals surface area contributed by atoms with Gasteiger partial charge in [0, 0.05) is 6.61 Å². The van der Waals surface area contributed by atoms with Gasteiger partial charge in [-0.25, -0.2) is 0 Å². The first kappa shape index (κ1) is 60.9. The normalized spacial score (nSPS) is 12.6. The fourth-order valence-corrected chi connectivity index (χ4v) is 9.10. The highest BCUT2D eigenvalue weighted by atomic mass is 16.5. The molecule has 2 atom stereocenters. The van der Waals surface area contributed by atoms with Gasteiger partial charge in [-0.1, -0.05) is 233 Å². The zero-order valence-corrected chi connectivity index (χ0v) is 42.6. The van der Waals surface area contributed by atoms with Gasteiger partial charge >= 0.3 is 11.9 Å². The van der Waals surface area contributed by atoms with Crippen molar-refractivity contribution in [3.05, 3.63) is 0 Å². The zero-order valence-electron chi connectivity index (χ0n) is 42.6. The van der Waals surface area contributed by atoms with Crippen LogP contribution in [0.3, 0.4) is 0 Å². The van der Waals surface area contributed by atoms with Crippen molar-refractivity contribution in [3.8, 4) is 0 Å². The molecule has 0 aliphatic rings. The number of ether oxygens (including phenoxy) is 2. The molecule has 0 saturated carbocycles. The highest BCUT2D eigenvalue weighted by molar-refractivity contribution is 5.72. The molecule has 6 nitrogen and oxygen atoms in total. The predicted octanol–water partition coefficient (Wildman–Crippen LogP) is 17.1. The molecular weight excluding hydrogens is 767 g/mol. The van der Waals surface area contributed by atoms with E-state index in [0.717, 1.165) is 122 Å². The number of hydrogen-bond donors (Lipinski definition) is 1. The number of aliphatic hydroxyl groups is 1. The Labute approximate surface area is 388 Å². The average molecular weight is 879 g/mol. The molecule has 0 aliphatic heterocycles. The van der Waals surface area contributed by atoms with Gasteiger partial charge < -0.3 is 19.5 Å². The summed E-state index contributed by atoms with van der Waals surface area (Å²) in [5.41, 5.74) is 0. The third kappa shape index (κ3) is 42.8. The largest absolute Gasteiger partial charge is 0.465 e. The Hall–Kier alpha value is -1.14. The summed E-state index contributed by atoms with van der Waals surface area (Å²) in [6.45, 7) is 13.7. The van der Waals surface area contributed by atoms with Crippen LogP contribution in [0.1, 0.15) is 297 Å². The summed E-state index contributed by atoms with van der Waals surface area (Å²) in [5, 5.41) is 9.39. The van der Waals surface area contributed by atoms with Crippen LogP contribution in [0.2, 0.25) is 0 Å². The third-order valence-electron chi connectivity index (χ3n) is 13.4. The molecule has 0 saturated heterocycles. The van der Waals surface area contributed by atoms with Gasteiger partial charge in [0.15, 0.2) is 0 Å². The summed E-state index contributed by atoms with van der Waals surface area (Å²) in [4.78, 5) is 28.9. The first-order chi connectivity index (χ1) is 30.5. The first-order valence-corrected chi connectivity index (χ1v) is 28.2. The van der Waals surface area contributed by atoms with E-state index in [9.17, 15) is 14.7 Å². The van der Waals surface area contributed by atoms with E-state index in [0.29, 0.717) is 13.2 Å². The fourth-order valence-electron chi connectivity index (χ4n) is 9.10. The highest BCUT2D eigenvalue weighted by Crippen LogP contribution is 2.23. The molecule has 6 heteroatoms. The standard InChI is InChI=1S/C56H111NO5/c1-5-9-13-17-21-23-27-35-45-53(43-33-25-19-15-11-7-3)55(59)61-51-41-31-29-37-47-57(49-39-40-50-58)48-38-30-32-42-52-62-56(60)54(44-34-26-20-16-12-8-4)46-36-28-24-22-18-14-10-6-2/h53-54,58H,5-52H2,1-4H3/t53-,54?/m0/s1. The van der Waals surface area contributed by atoms with Crippen LogP contribution >= 0.6 is 0 Å². The van der Waals surface area contributed by atoms with Crippen LogP contribution in [0.15, 0.2) is 0 Å². The molecular formula is C56H111NO5. The van der Waals surface area contributed by atoms with Crippen LogP contribution in [-0.4, -0.2) is 61.4 Å². The van der Waals surface area contributed by atoms with E-state index in [1.165, 1.54) is 167 Å². The predicted molar refractivity (Wildman–Crippen MR) is 269 cm³/mol. The average Bonchev–Trinajstić information content (AvgIpc) is 3.27. The molecule has 0 amide bonds. The molecule has 0 fully saturated rings. The number of aliphatic hydroxyl groups excluding tert-OH is 1. The topological polar surface area (TPSA) is 76.1 Å². The van der Waals surface area contributed by atoms with Gasteiger partial charge in [0.25, 0.3) is 0 Å². The van der Waals surface area contributed by atoms with E-state index in [1.807, 2.05) is 0 Å². The minimum Gasteiger partial charge on any atom is -0.465 e. The van der Waals surface area contributed by atoms with Crippen molar-refractivity contribution < 1.29 is 24.2 Å². The van der Waals surface area contributed by atoms with Crippen LogP contribution in [0.25, 0.3) is 0 Å². The van der Waals surface area contributed by atoms with Crippen LogP contribution in [-0.2, 0) is 19.1 Å². The second-order valence-corrected chi connectivity index (χ2v) is 19.5. The lowest BCUT2D eigenvalue weighted by Crippen LogP contribution is -2.27. The van der Waals surface area contributed by atoms with E-state index in [4.69, 9.17) is 9.47 Å². The number of esters is 2. The summed E-state index contributed by atoms with van der Waals surface area (Å²) in [5.74, 6) is 0.309. The fraction of sp³-hybridized carbons (Fsp3) is 0.964. The van der Waals surface area contributed by atoms with Crippen LogP contribution in [0, 0.1) is 11.8 Å². The first-order valence-electron chi connectivity index (χ1n) is 28.2. The summed E-state index contributed by atoms with van der Waals surface area (Å²) >= 11 is 0. The van der Waals surface area contributed by atoms with Crippen molar-refractivity contribution in [2.24, 2.45) is 11.8 Å². The minimum absolute atomic E-state index is 0.0662. The molecule has 0 bridgehead atoms. The maximum absolute atomic E-state index is 13.2. The van der Waals surface area contributed by atoms with Gasteiger partial charge in [0.2, 0.25) is 0 Å². The molecule has 0 aromatic heterocycles. The van der Waals surface area contributed by atoms with Crippen molar-refractivity contribution in [1.82, 2.24) is 4.90 Å². The van der Waals surface area contributed by atoms with Gasteiger partial charge in [-0.15, -0.1) is 0 Å². The summed E-state index contributed by atoms with van der Waals surface area (Å²) < 4.78 is 11.8. The van der Waals surface area contributed by atoms with Crippen LogP contribution in [0.5, 0.6) is 0 Å². The molecule has 370 valence electrons. The minimum atomic E-state index is 0.0662. The summed E-state index contributed by atoms with van der Waals surface area (Å²) in [6.07, 6.45) is 50.8. The lowest BCUT2D eigenvalue weighted by molar-refractivity contribution is -0.150. The number of carbonyl (C=O) groups excluding carboxylic acids is 2. The number of hydrogen-bond acceptors (Lipinski definition) is 6. The number of rotatable bonds is 52. The van der Waals surface area contributed by atoms with E-state index < -0.39 is 0 Å². The number of unbranched alkanes of at least 4 members (excludes halogenated alkanes) is 31. The number of nitrogens with zero attached hydrogens (tertiary/aromatic N) is 1. The molecule has 0 heterocycles. The Balaban J connectivity index is 4.48. The molecule has 0 spiro atoms. The van der Waals surface area contributed by atoms with Gasteiger partial charge in [0.05, 0.1) is 25.0 Å². The molecule has 0 radical (unpaired) electrons. The van der Waals surface area contributed by atoms with E-state index in [1.54, 1.807) is 0 Å². The van der Waals surface area contributed by atoms with E-state index in [-0.39, 0.29) is 30.4 Å². The maximum Gasteiger partial charge on any atom is 0.308 e. The lowest BCUT2D eigenvalue weighted by Gasteiger charge is -2.22. The second-order valence-electron chi connectivity index (χ2n) is 19.5. The number of carbonyl (C=O) groups is 2. The van der Waals surface area contributed by atoms with Crippen molar-refractivity contribution in [2.75, 3.05) is 39.5 Å². The third-order valence-corrected chi connectivity index (χ3v) is 13.4. The molecule has 0 aromatic rings. The van der Waals surface area contributed by atoms with E-state index >= 15 is 0 Å². The van der Waals surface area contributed by atoms with Gasteiger partial charge in [0.1, 0.15) is 0 Å². The van der Waals surface area contributed by atoms with Gasteiger partial charge in [-0.2, -0.15) is 0 Å². The lowest BCUT2D eigenvalue weighted by atomic mass is 9.94. The molecule has 1 unspecified atom stereocenters. The van der Waals surface area contributed by atoms with Crippen molar-refractivity contribution in [1.29, 1.82) is 0 Å². The molecule has 62 heavy (non-hydrogen) atoms. The van der Waals surface area contributed by atoms with Crippen molar-refractivity contribution >= 4 is 11.9 Å².